The van der Waals surface area contributed by atoms with Crippen LogP contribution < -0.4 is 0 Å². The predicted molar refractivity (Wildman–Crippen MR) is 98.9 cm³/mol. The quantitative estimate of drug-likeness (QED) is 0.467. The highest BCUT2D eigenvalue weighted by molar-refractivity contribution is 5.09. The number of hydrogen-bond acceptors (Lipinski definition) is 0. The number of hydrogen-bond donors (Lipinski definition) is 0. The molecule has 0 aromatic heterocycles. The summed E-state index contributed by atoms with van der Waals surface area (Å²) in [5, 5.41) is 0. The summed E-state index contributed by atoms with van der Waals surface area (Å²) in [6.45, 7) is 20.0. The molecule has 0 N–H and O–H groups in total. The van der Waals surface area contributed by atoms with Crippen molar-refractivity contribution in [2.24, 2.45) is 46.3 Å². The molecule has 2 fully saturated rings. The van der Waals surface area contributed by atoms with E-state index in [1.807, 2.05) is 0 Å². The minimum atomic E-state index is 0.579. The second-order valence-electron chi connectivity index (χ2n) is 9.16. The molecular weight excluding hydrogens is 264 g/mol. The van der Waals surface area contributed by atoms with Crippen molar-refractivity contribution in [2.75, 3.05) is 0 Å². The maximum atomic E-state index is 2.65. The lowest BCUT2D eigenvalue weighted by Gasteiger charge is -2.41. The van der Waals surface area contributed by atoms with Crippen molar-refractivity contribution >= 4 is 0 Å². The fourth-order valence-electron chi connectivity index (χ4n) is 7.05. The van der Waals surface area contributed by atoms with E-state index in [0.29, 0.717) is 10.8 Å². The summed E-state index contributed by atoms with van der Waals surface area (Å²) in [4.78, 5) is 0. The van der Waals surface area contributed by atoms with Gasteiger partial charge in [-0.05, 0) is 52.8 Å². The molecule has 2 rings (SSSR count). The van der Waals surface area contributed by atoms with Crippen LogP contribution in [0.25, 0.3) is 0 Å². The molecule has 6 atom stereocenters. The average molecular weight is 307 g/mol. The van der Waals surface area contributed by atoms with Crippen LogP contribution in [0.2, 0.25) is 0 Å². The predicted octanol–water partition coefficient (Wildman–Crippen LogP) is 7.18. The van der Waals surface area contributed by atoms with Crippen LogP contribution in [0.4, 0.5) is 0 Å². The molecule has 0 aromatic rings. The molecule has 0 aliphatic heterocycles. The first-order valence-electron chi connectivity index (χ1n) is 10.4. The van der Waals surface area contributed by atoms with Crippen molar-refractivity contribution in [1.82, 2.24) is 0 Å². The zero-order valence-corrected chi connectivity index (χ0v) is 16.7. The molecule has 2 aliphatic carbocycles. The van der Waals surface area contributed by atoms with E-state index in [0.717, 1.165) is 35.5 Å². The summed E-state index contributed by atoms with van der Waals surface area (Å²) < 4.78 is 0. The Labute approximate surface area is 140 Å². The van der Waals surface area contributed by atoms with Gasteiger partial charge in [-0.3, -0.25) is 0 Å². The molecule has 22 heavy (non-hydrogen) atoms. The van der Waals surface area contributed by atoms with Crippen LogP contribution in [0.3, 0.4) is 0 Å². The second-order valence-corrected chi connectivity index (χ2v) is 9.16. The lowest BCUT2D eigenvalue weighted by Crippen LogP contribution is -2.35. The third-order valence-corrected chi connectivity index (χ3v) is 8.77. The lowest BCUT2D eigenvalue weighted by atomic mass is 9.64. The Bertz CT molecular complexity index is 358. The molecule has 2 saturated carbocycles. The summed E-state index contributed by atoms with van der Waals surface area (Å²) in [5.41, 5.74) is 1.20. The molecule has 0 saturated heterocycles. The first-order chi connectivity index (χ1) is 10.4. The highest BCUT2D eigenvalue weighted by Crippen LogP contribution is 2.68. The highest BCUT2D eigenvalue weighted by atomic mass is 14.7. The maximum Gasteiger partial charge on any atom is -0.0266 e. The van der Waals surface area contributed by atoms with E-state index in [1.165, 1.54) is 38.5 Å². The maximum absolute atomic E-state index is 2.65. The molecular formula is C22H42. The summed E-state index contributed by atoms with van der Waals surface area (Å²) in [5.74, 6) is 5.85. The van der Waals surface area contributed by atoms with Crippen LogP contribution in [0, 0.1) is 46.3 Å². The van der Waals surface area contributed by atoms with E-state index in [1.54, 1.807) is 0 Å². The van der Waals surface area contributed by atoms with Crippen molar-refractivity contribution in [3.63, 3.8) is 0 Å². The van der Waals surface area contributed by atoms with E-state index in [4.69, 9.17) is 0 Å². The van der Waals surface area contributed by atoms with E-state index in [9.17, 15) is 0 Å². The van der Waals surface area contributed by atoms with Gasteiger partial charge in [0, 0.05) is 0 Å². The summed E-state index contributed by atoms with van der Waals surface area (Å²) in [6, 6.07) is 0. The molecule has 130 valence electrons. The van der Waals surface area contributed by atoms with Crippen LogP contribution in [0.15, 0.2) is 0 Å². The minimum Gasteiger partial charge on any atom is -0.0651 e. The first kappa shape index (κ1) is 18.3. The molecule has 0 radical (unpaired) electrons. The molecule has 2 aliphatic rings. The van der Waals surface area contributed by atoms with Crippen LogP contribution in [0.5, 0.6) is 0 Å². The molecule has 0 bridgehead atoms. The summed E-state index contributed by atoms with van der Waals surface area (Å²) in [6.07, 6.45) is 8.44. The van der Waals surface area contributed by atoms with Gasteiger partial charge in [0.1, 0.15) is 0 Å². The van der Waals surface area contributed by atoms with Crippen molar-refractivity contribution in [3.8, 4) is 0 Å². The Morgan fingerprint density at radius 2 is 1.45 bits per heavy atom. The molecule has 0 spiro atoms. The van der Waals surface area contributed by atoms with Crippen molar-refractivity contribution in [2.45, 2.75) is 93.9 Å². The van der Waals surface area contributed by atoms with Gasteiger partial charge >= 0.3 is 0 Å². The van der Waals surface area contributed by atoms with Crippen LogP contribution >= 0.6 is 0 Å². The lowest BCUT2D eigenvalue weighted by molar-refractivity contribution is 0.0742. The van der Waals surface area contributed by atoms with Gasteiger partial charge in [-0.1, -0.05) is 87.5 Å². The van der Waals surface area contributed by atoms with Crippen molar-refractivity contribution in [3.05, 3.63) is 0 Å². The molecule has 0 nitrogen and oxygen atoms in total. The fraction of sp³-hybridized carbons (Fsp3) is 1.00. The van der Waals surface area contributed by atoms with Gasteiger partial charge in [-0.2, -0.15) is 0 Å². The van der Waals surface area contributed by atoms with Gasteiger partial charge in [-0.25, -0.2) is 0 Å². The fourth-order valence-corrected chi connectivity index (χ4v) is 7.05. The standard InChI is InChI=1S/C22H42/c1-9-17(19-15(6)16(19)7)20-18(10-2)22(12-4,13-5)14-21(20,8)11-3/h15-20H,9-14H2,1-8H3. The van der Waals surface area contributed by atoms with Gasteiger partial charge < -0.3 is 0 Å². The van der Waals surface area contributed by atoms with Gasteiger partial charge in [0.05, 0.1) is 0 Å². The largest absolute Gasteiger partial charge is 0.0651 e. The Morgan fingerprint density at radius 1 is 0.909 bits per heavy atom. The van der Waals surface area contributed by atoms with E-state index < -0.39 is 0 Å². The van der Waals surface area contributed by atoms with E-state index in [-0.39, 0.29) is 0 Å². The SMILES string of the molecule is CCC(C1C(C)C1C)C1C(CC)C(CC)(CC)CC1(C)CC. The monoisotopic (exact) mass is 306 g/mol. The smallest absolute Gasteiger partial charge is 0.0266 e. The van der Waals surface area contributed by atoms with Gasteiger partial charge in [-0.15, -0.1) is 0 Å². The zero-order chi connectivity index (χ0) is 16.7. The van der Waals surface area contributed by atoms with Crippen molar-refractivity contribution in [1.29, 1.82) is 0 Å². The number of rotatable bonds is 7. The molecule has 0 amide bonds. The molecule has 0 aromatic carbocycles. The highest BCUT2D eigenvalue weighted by Gasteiger charge is 2.61. The third kappa shape index (κ3) is 2.57. The molecule has 0 heterocycles. The second kappa shape index (κ2) is 6.48. The molecule has 6 unspecified atom stereocenters. The van der Waals surface area contributed by atoms with Gasteiger partial charge in [0.2, 0.25) is 0 Å². The average Bonchev–Trinajstić information content (AvgIpc) is 3.01. The van der Waals surface area contributed by atoms with Gasteiger partial charge in [0.15, 0.2) is 0 Å². The van der Waals surface area contributed by atoms with Crippen molar-refractivity contribution < 1.29 is 0 Å². The third-order valence-electron chi connectivity index (χ3n) is 8.77. The Morgan fingerprint density at radius 3 is 1.77 bits per heavy atom. The Balaban J connectivity index is 2.40. The van der Waals surface area contributed by atoms with E-state index in [2.05, 4.69) is 55.4 Å². The van der Waals surface area contributed by atoms with Crippen LogP contribution in [-0.2, 0) is 0 Å². The topological polar surface area (TPSA) is 0 Å². The summed E-state index contributed by atoms with van der Waals surface area (Å²) in [7, 11) is 0. The molecule has 0 heteroatoms. The van der Waals surface area contributed by atoms with Crippen LogP contribution in [-0.4, -0.2) is 0 Å². The van der Waals surface area contributed by atoms with Crippen LogP contribution in [0.1, 0.15) is 93.9 Å². The zero-order valence-electron chi connectivity index (χ0n) is 16.7. The normalized spacial score (nSPS) is 45.0. The van der Waals surface area contributed by atoms with Gasteiger partial charge in [0.25, 0.3) is 0 Å². The minimum absolute atomic E-state index is 0.579. The first-order valence-corrected chi connectivity index (χ1v) is 10.4. The Hall–Kier alpha value is 0. The van der Waals surface area contributed by atoms with E-state index >= 15 is 0 Å². The Kier molecular flexibility index (Phi) is 5.40. The summed E-state index contributed by atoms with van der Waals surface area (Å²) >= 11 is 0.